The van der Waals surface area contributed by atoms with Crippen molar-refractivity contribution in [1.82, 2.24) is 20.1 Å². The van der Waals surface area contributed by atoms with Gasteiger partial charge in [0.05, 0.1) is 12.4 Å². The molecule has 0 bridgehead atoms. The van der Waals surface area contributed by atoms with Gasteiger partial charge in [0.2, 0.25) is 5.82 Å². The predicted octanol–water partition coefficient (Wildman–Crippen LogP) is 0.839. The van der Waals surface area contributed by atoms with Gasteiger partial charge in [0.1, 0.15) is 5.69 Å². The van der Waals surface area contributed by atoms with Crippen LogP contribution < -0.4 is 5.76 Å². The molecule has 0 spiro atoms. The topological polar surface area (TPSA) is 84.7 Å². The Kier molecular flexibility index (Phi) is 2.22. The molecule has 2 heterocycles. The van der Waals surface area contributed by atoms with Crippen LogP contribution in [-0.4, -0.2) is 20.1 Å². The Morgan fingerprint density at radius 2 is 2.06 bits per heavy atom. The number of aromatic amines is 1. The van der Waals surface area contributed by atoms with Crippen LogP contribution in [0.1, 0.15) is 5.69 Å². The molecule has 1 N–H and O–H groups in total. The average Bonchev–Trinajstić information content (AvgIpc) is 2.64. The minimum Gasteiger partial charge on any atom is -0.296 e. The van der Waals surface area contributed by atoms with Crippen molar-refractivity contribution in [2.75, 3.05) is 0 Å². The zero-order valence-electron chi connectivity index (χ0n) is 7.45. The summed E-state index contributed by atoms with van der Waals surface area (Å²) in [7, 11) is 0. The SMILES string of the molecule is O=c1[nH]c(-c2cncc(C(F)(F)F)n2)no1. The van der Waals surface area contributed by atoms with Gasteiger partial charge < -0.3 is 0 Å². The first-order valence-electron chi connectivity index (χ1n) is 3.92. The lowest BCUT2D eigenvalue weighted by atomic mass is 10.4. The summed E-state index contributed by atoms with van der Waals surface area (Å²) in [4.78, 5) is 19.3. The lowest BCUT2D eigenvalue weighted by Crippen LogP contribution is -2.09. The van der Waals surface area contributed by atoms with E-state index in [4.69, 9.17) is 0 Å². The molecule has 0 radical (unpaired) electrons. The minimum absolute atomic E-state index is 0.205. The third-order valence-electron chi connectivity index (χ3n) is 1.61. The molecule has 0 aliphatic heterocycles. The second kappa shape index (κ2) is 3.43. The Bertz CT molecular complexity index is 559. The number of rotatable bonds is 1. The molecule has 2 aromatic rings. The standard InChI is InChI=1S/C7H3F3N4O2/c8-7(9,10)4-2-11-1-3(12-4)5-13-6(15)16-14-5/h1-2H,(H,13,14,15). The van der Waals surface area contributed by atoms with Crippen LogP contribution in [0.3, 0.4) is 0 Å². The number of hydrogen-bond acceptors (Lipinski definition) is 5. The molecule has 84 valence electrons. The van der Waals surface area contributed by atoms with E-state index in [2.05, 4.69) is 24.6 Å². The Balaban J connectivity index is 2.48. The van der Waals surface area contributed by atoms with Gasteiger partial charge in [0, 0.05) is 0 Å². The lowest BCUT2D eigenvalue weighted by molar-refractivity contribution is -0.141. The van der Waals surface area contributed by atoms with Crippen LogP contribution >= 0.6 is 0 Å². The molecule has 0 unspecified atom stereocenters. The Labute approximate surface area is 85.1 Å². The maximum absolute atomic E-state index is 12.3. The van der Waals surface area contributed by atoms with Crippen molar-refractivity contribution in [3.8, 4) is 11.5 Å². The van der Waals surface area contributed by atoms with Gasteiger partial charge in [-0.05, 0) is 0 Å². The second-order valence-electron chi connectivity index (χ2n) is 2.73. The van der Waals surface area contributed by atoms with E-state index in [0.29, 0.717) is 6.20 Å². The molecule has 0 saturated heterocycles. The first-order chi connectivity index (χ1) is 7.47. The summed E-state index contributed by atoms with van der Waals surface area (Å²) in [5.41, 5.74) is -1.39. The van der Waals surface area contributed by atoms with Gasteiger partial charge in [-0.3, -0.25) is 14.5 Å². The molecule has 0 saturated carbocycles. The molecule has 2 rings (SSSR count). The number of alkyl halides is 3. The van der Waals surface area contributed by atoms with Gasteiger partial charge in [-0.1, -0.05) is 5.16 Å². The zero-order chi connectivity index (χ0) is 11.8. The van der Waals surface area contributed by atoms with Crippen molar-refractivity contribution in [2.45, 2.75) is 6.18 Å². The highest BCUT2D eigenvalue weighted by atomic mass is 19.4. The van der Waals surface area contributed by atoms with Gasteiger partial charge >= 0.3 is 11.9 Å². The number of aromatic nitrogens is 4. The first kappa shape index (κ1) is 10.3. The van der Waals surface area contributed by atoms with Crippen LogP contribution in [0.2, 0.25) is 0 Å². The largest absolute Gasteiger partial charge is 0.439 e. The Morgan fingerprint density at radius 3 is 2.62 bits per heavy atom. The van der Waals surface area contributed by atoms with E-state index < -0.39 is 17.6 Å². The summed E-state index contributed by atoms with van der Waals surface area (Å²) in [6.45, 7) is 0. The van der Waals surface area contributed by atoms with Gasteiger partial charge in [0.15, 0.2) is 5.69 Å². The van der Waals surface area contributed by atoms with Crippen molar-refractivity contribution in [3.63, 3.8) is 0 Å². The van der Waals surface area contributed by atoms with Crippen molar-refractivity contribution in [1.29, 1.82) is 0 Å². The predicted molar refractivity (Wildman–Crippen MR) is 43.2 cm³/mol. The van der Waals surface area contributed by atoms with E-state index in [0.717, 1.165) is 6.20 Å². The van der Waals surface area contributed by atoms with Crippen LogP contribution in [0.5, 0.6) is 0 Å². The van der Waals surface area contributed by atoms with E-state index in [-0.39, 0.29) is 11.5 Å². The van der Waals surface area contributed by atoms with E-state index in [1.165, 1.54) is 0 Å². The Hall–Kier alpha value is -2.19. The van der Waals surface area contributed by atoms with Gasteiger partial charge in [-0.15, -0.1) is 0 Å². The molecule has 0 atom stereocenters. The van der Waals surface area contributed by atoms with Crippen LogP contribution in [0.15, 0.2) is 21.7 Å². The quantitative estimate of drug-likeness (QED) is 0.787. The molecular formula is C7H3F3N4O2. The molecule has 6 nitrogen and oxygen atoms in total. The van der Waals surface area contributed by atoms with Gasteiger partial charge in [-0.2, -0.15) is 13.2 Å². The van der Waals surface area contributed by atoms with Crippen molar-refractivity contribution in [3.05, 3.63) is 28.6 Å². The maximum atomic E-state index is 12.3. The minimum atomic E-state index is -4.60. The van der Waals surface area contributed by atoms with Crippen LogP contribution in [-0.2, 0) is 6.18 Å². The molecule has 9 heteroatoms. The maximum Gasteiger partial charge on any atom is 0.439 e. The van der Waals surface area contributed by atoms with Crippen molar-refractivity contribution >= 4 is 0 Å². The second-order valence-corrected chi connectivity index (χ2v) is 2.73. The van der Waals surface area contributed by atoms with E-state index in [9.17, 15) is 18.0 Å². The number of halogens is 3. The molecule has 0 amide bonds. The van der Waals surface area contributed by atoms with Crippen molar-refractivity contribution < 1.29 is 17.7 Å². The van der Waals surface area contributed by atoms with Crippen molar-refractivity contribution in [2.24, 2.45) is 0 Å². The number of nitrogens with zero attached hydrogens (tertiary/aromatic N) is 3. The van der Waals surface area contributed by atoms with Crippen LogP contribution in [0, 0.1) is 0 Å². The molecule has 0 aromatic carbocycles. The first-order valence-corrected chi connectivity index (χ1v) is 3.92. The number of H-pyrrole nitrogens is 1. The third-order valence-corrected chi connectivity index (χ3v) is 1.61. The average molecular weight is 232 g/mol. The van der Waals surface area contributed by atoms with E-state index in [1.54, 1.807) is 0 Å². The molecule has 0 aliphatic carbocycles. The highest BCUT2D eigenvalue weighted by molar-refractivity contribution is 5.45. The van der Waals surface area contributed by atoms with Gasteiger partial charge in [0.25, 0.3) is 0 Å². The fraction of sp³-hybridized carbons (Fsp3) is 0.143. The van der Waals surface area contributed by atoms with E-state index in [1.807, 2.05) is 0 Å². The summed E-state index contributed by atoms with van der Waals surface area (Å²) >= 11 is 0. The highest BCUT2D eigenvalue weighted by Crippen LogP contribution is 2.27. The van der Waals surface area contributed by atoms with Gasteiger partial charge in [-0.25, -0.2) is 9.78 Å². The van der Waals surface area contributed by atoms with Crippen LogP contribution in [0.4, 0.5) is 13.2 Å². The summed E-state index contributed by atoms with van der Waals surface area (Å²) in [6, 6.07) is 0. The molecule has 16 heavy (non-hydrogen) atoms. The third kappa shape index (κ3) is 1.92. The highest BCUT2D eigenvalue weighted by Gasteiger charge is 2.33. The summed E-state index contributed by atoms with van der Waals surface area (Å²) in [5.74, 6) is -1.09. The van der Waals surface area contributed by atoms with Crippen LogP contribution in [0.25, 0.3) is 11.5 Å². The monoisotopic (exact) mass is 232 g/mol. The number of hydrogen-bond donors (Lipinski definition) is 1. The Morgan fingerprint density at radius 1 is 1.31 bits per heavy atom. The lowest BCUT2D eigenvalue weighted by Gasteiger charge is -2.04. The smallest absolute Gasteiger partial charge is 0.296 e. The molecule has 0 aliphatic rings. The molecule has 0 fully saturated rings. The number of nitrogens with one attached hydrogen (secondary N) is 1. The fourth-order valence-electron chi connectivity index (χ4n) is 0.957. The van der Waals surface area contributed by atoms with E-state index >= 15 is 0 Å². The summed E-state index contributed by atoms with van der Waals surface area (Å²) in [6.07, 6.45) is -3.00. The fourth-order valence-corrected chi connectivity index (χ4v) is 0.957. The molecular weight excluding hydrogens is 229 g/mol. The molecule has 2 aromatic heterocycles. The summed E-state index contributed by atoms with van der Waals surface area (Å²) in [5, 5.41) is 3.20. The summed E-state index contributed by atoms with van der Waals surface area (Å²) < 4.78 is 40.9. The normalized spacial score (nSPS) is 11.7. The zero-order valence-corrected chi connectivity index (χ0v) is 7.45.